The normalized spacial score (nSPS) is 10.4. The zero-order valence-corrected chi connectivity index (χ0v) is 13.3. The van der Waals surface area contributed by atoms with Gasteiger partial charge in [0.1, 0.15) is 10.7 Å². The van der Waals surface area contributed by atoms with E-state index in [0.29, 0.717) is 4.88 Å². The lowest BCUT2D eigenvalue weighted by Gasteiger charge is -2.16. The number of carbonyl (C=O) groups is 1. The van der Waals surface area contributed by atoms with Crippen molar-refractivity contribution in [2.24, 2.45) is 0 Å². The first-order chi connectivity index (χ1) is 10.0. The van der Waals surface area contributed by atoms with E-state index in [1.54, 1.807) is 0 Å². The van der Waals surface area contributed by atoms with Crippen LogP contribution in [0.15, 0.2) is 24.3 Å². The molecule has 0 unspecified atom stereocenters. The smallest absolute Gasteiger partial charge is 0.269 e. The van der Waals surface area contributed by atoms with E-state index in [0.717, 1.165) is 29.5 Å². The van der Waals surface area contributed by atoms with Crippen molar-refractivity contribution in [3.63, 3.8) is 0 Å². The van der Waals surface area contributed by atoms with Crippen LogP contribution in [0.1, 0.15) is 29.1 Å². The van der Waals surface area contributed by atoms with E-state index >= 15 is 0 Å². The number of hydrogen-bond donors (Lipinski definition) is 2. The number of thiazole rings is 1. The Kier molecular flexibility index (Phi) is 4.80. The van der Waals surface area contributed by atoms with Gasteiger partial charge in [-0.3, -0.25) is 4.79 Å². The summed E-state index contributed by atoms with van der Waals surface area (Å²) in [4.78, 5) is 19.1. The number of nitrogens with two attached hydrogens (primary N) is 1. The summed E-state index contributed by atoms with van der Waals surface area (Å²) in [6.07, 6.45) is 0. The van der Waals surface area contributed by atoms with Gasteiger partial charge in [-0.25, -0.2) is 4.98 Å². The highest BCUT2D eigenvalue weighted by Gasteiger charge is 2.18. The maximum absolute atomic E-state index is 12.3. The van der Waals surface area contributed by atoms with Crippen molar-refractivity contribution >= 4 is 33.9 Å². The van der Waals surface area contributed by atoms with Gasteiger partial charge in [0, 0.05) is 18.8 Å². The predicted octanol–water partition coefficient (Wildman–Crippen LogP) is 3.13. The molecule has 0 bridgehead atoms. The highest BCUT2D eigenvalue weighted by Crippen LogP contribution is 2.28. The zero-order valence-electron chi connectivity index (χ0n) is 12.5. The summed E-state index contributed by atoms with van der Waals surface area (Å²) in [6.45, 7) is 7.77. The first-order valence-corrected chi connectivity index (χ1v) is 7.76. The van der Waals surface area contributed by atoms with Crippen LogP contribution in [0.3, 0.4) is 0 Å². The van der Waals surface area contributed by atoms with Crippen molar-refractivity contribution < 1.29 is 4.79 Å². The summed E-state index contributed by atoms with van der Waals surface area (Å²) in [5, 5.41) is 3.63. The molecule has 0 aliphatic heterocycles. The Morgan fingerprint density at radius 2 is 1.90 bits per heavy atom. The molecule has 112 valence electrons. The number of nitrogen functional groups attached to an aromatic ring is 1. The Labute approximate surface area is 128 Å². The molecule has 6 heteroatoms. The number of aromatic nitrogens is 1. The number of hydrogen-bond acceptors (Lipinski definition) is 5. The van der Waals surface area contributed by atoms with Crippen molar-refractivity contribution in [2.75, 3.05) is 29.0 Å². The molecule has 0 aliphatic rings. The molecule has 1 aromatic carbocycles. The molecule has 1 aromatic heterocycles. The van der Waals surface area contributed by atoms with Gasteiger partial charge in [-0.2, -0.15) is 0 Å². The van der Waals surface area contributed by atoms with E-state index in [1.807, 2.05) is 45.0 Å². The Bertz CT molecular complexity index is 617. The van der Waals surface area contributed by atoms with Crippen molar-refractivity contribution in [3.05, 3.63) is 34.7 Å². The largest absolute Gasteiger partial charge is 0.382 e. The summed E-state index contributed by atoms with van der Waals surface area (Å²) in [6, 6.07) is 7.64. The van der Waals surface area contributed by atoms with Gasteiger partial charge >= 0.3 is 0 Å². The highest BCUT2D eigenvalue weighted by molar-refractivity contribution is 7.18. The van der Waals surface area contributed by atoms with E-state index in [-0.39, 0.29) is 11.7 Å². The lowest BCUT2D eigenvalue weighted by molar-refractivity contribution is 0.103. The molecule has 0 aliphatic carbocycles. The monoisotopic (exact) mass is 304 g/mol. The summed E-state index contributed by atoms with van der Waals surface area (Å²) < 4.78 is 0. The fourth-order valence-corrected chi connectivity index (χ4v) is 2.94. The summed E-state index contributed by atoms with van der Waals surface area (Å²) in [5.74, 6) is 0.0683. The second-order valence-electron chi connectivity index (χ2n) is 4.70. The molecule has 0 saturated carbocycles. The SMILES string of the molecule is CCN(CC)c1nc(N)c(C(=O)Nc2ccc(C)cc2)s1. The van der Waals surface area contributed by atoms with E-state index in [2.05, 4.69) is 15.2 Å². The first-order valence-electron chi connectivity index (χ1n) is 6.94. The molecule has 0 spiro atoms. The Morgan fingerprint density at radius 1 is 1.29 bits per heavy atom. The van der Waals surface area contributed by atoms with Gasteiger partial charge in [0.2, 0.25) is 0 Å². The topological polar surface area (TPSA) is 71.2 Å². The van der Waals surface area contributed by atoms with Crippen molar-refractivity contribution in [3.8, 4) is 0 Å². The minimum absolute atomic E-state index is 0.216. The number of anilines is 3. The number of carbonyl (C=O) groups excluding carboxylic acids is 1. The first kappa shape index (κ1) is 15.3. The average Bonchev–Trinajstić information content (AvgIpc) is 2.85. The number of nitrogens with zero attached hydrogens (tertiary/aromatic N) is 2. The molecular weight excluding hydrogens is 284 g/mol. The van der Waals surface area contributed by atoms with Crippen LogP contribution in [0, 0.1) is 6.92 Å². The third-order valence-electron chi connectivity index (χ3n) is 3.19. The number of rotatable bonds is 5. The summed E-state index contributed by atoms with van der Waals surface area (Å²) in [7, 11) is 0. The van der Waals surface area contributed by atoms with Gasteiger partial charge in [0.15, 0.2) is 5.13 Å². The Hall–Kier alpha value is -2.08. The third kappa shape index (κ3) is 3.52. The lowest BCUT2D eigenvalue weighted by Crippen LogP contribution is -2.21. The average molecular weight is 304 g/mol. The molecule has 1 amide bonds. The van der Waals surface area contributed by atoms with Gasteiger partial charge in [0.25, 0.3) is 5.91 Å². The molecule has 2 aromatic rings. The van der Waals surface area contributed by atoms with E-state index in [9.17, 15) is 4.79 Å². The van der Waals surface area contributed by atoms with Crippen LogP contribution in [0.2, 0.25) is 0 Å². The quantitative estimate of drug-likeness (QED) is 0.890. The molecule has 3 N–H and O–H groups in total. The fraction of sp³-hybridized carbons (Fsp3) is 0.333. The number of aryl methyl sites for hydroxylation is 1. The minimum Gasteiger partial charge on any atom is -0.382 e. The molecule has 2 rings (SSSR count). The molecule has 1 heterocycles. The number of benzene rings is 1. The number of amides is 1. The Morgan fingerprint density at radius 3 is 2.48 bits per heavy atom. The van der Waals surface area contributed by atoms with Gasteiger partial charge in [0.05, 0.1) is 0 Å². The van der Waals surface area contributed by atoms with Gasteiger partial charge in [-0.15, -0.1) is 0 Å². The van der Waals surface area contributed by atoms with Crippen LogP contribution in [-0.2, 0) is 0 Å². The van der Waals surface area contributed by atoms with E-state index in [4.69, 9.17) is 5.73 Å². The molecule has 0 fully saturated rings. The fourth-order valence-electron chi connectivity index (χ4n) is 1.94. The van der Waals surface area contributed by atoms with Crippen LogP contribution >= 0.6 is 11.3 Å². The molecular formula is C15H20N4OS. The predicted molar refractivity (Wildman–Crippen MR) is 89.2 cm³/mol. The van der Waals surface area contributed by atoms with Crippen molar-refractivity contribution in [2.45, 2.75) is 20.8 Å². The molecule has 21 heavy (non-hydrogen) atoms. The lowest BCUT2D eigenvalue weighted by atomic mass is 10.2. The number of nitrogens with one attached hydrogen (secondary N) is 1. The summed E-state index contributed by atoms with van der Waals surface area (Å²) >= 11 is 1.33. The van der Waals surface area contributed by atoms with Crippen LogP contribution in [-0.4, -0.2) is 24.0 Å². The summed E-state index contributed by atoms with van der Waals surface area (Å²) in [5.41, 5.74) is 7.78. The van der Waals surface area contributed by atoms with E-state index < -0.39 is 0 Å². The van der Waals surface area contributed by atoms with Gasteiger partial charge in [-0.05, 0) is 32.9 Å². The maximum atomic E-state index is 12.3. The van der Waals surface area contributed by atoms with Crippen LogP contribution in [0.25, 0.3) is 0 Å². The van der Waals surface area contributed by atoms with Crippen molar-refractivity contribution in [1.29, 1.82) is 0 Å². The molecule has 0 saturated heterocycles. The second kappa shape index (κ2) is 6.58. The molecule has 0 atom stereocenters. The van der Waals surface area contributed by atoms with Crippen molar-refractivity contribution in [1.82, 2.24) is 4.98 Å². The van der Waals surface area contributed by atoms with E-state index in [1.165, 1.54) is 11.3 Å². The highest BCUT2D eigenvalue weighted by atomic mass is 32.1. The van der Waals surface area contributed by atoms with Crippen LogP contribution in [0.5, 0.6) is 0 Å². The van der Waals surface area contributed by atoms with Gasteiger partial charge < -0.3 is 16.0 Å². The van der Waals surface area contributed by atoms with Crippen LogP contribution < -0.4 is 16.0 Å². The second-order valence-corrected chi connectivity index (χ2v) is 5.68. The third-order valence-corrected chi connectivity index (χ3v) is 4.32. The zero-order chi connectivity index (χ0) is 15.4. The Balaban J connectivity index is 2.17. The maximum Gasteiger partial charge on any atom is 0.269 e. The van der Waals surface area contributed by atoms with Gasteiger partial charge in [-0.1, -0.05) is 29.0 Å². The minimum atomic E-state index is -0.216. The molecule has 5 nitrogen and oxygen atoms in total. The van der Waals surface area contributed by atoms with Crippen LogP contribution in [0.4, 0.5) is 16.6 Å². The molecule has 0 radical (unpaired) electrons. The standard InChI is InChI=1S/C15H20N4OS/c1-4-19(5-2)15-18-13(16)12(21-15)14(20)17-11-8-6-10(3)7-9-11/h6-9H,4-5,16H2,1-3H3,(H,17,20).